The van der Waals surface area contributed by atoms with Gasteiger partial charge in [0.1, 0.15) is 12.4 Å². The summed E-state index contributed by atoms with van der Waals surface area (Å²) in [5.41, 5.74) is 1.34. The average molecular weight is 244 g/mol. The van der Waals surface area contributed by atoms with E-state index >= 15 is 0 Å². The fraction of sp³-hybridized carbons (Fsp3) is 0.400. The first-order valence-electron chi connectivity index (χ1n) is 6.27. The number of benzene rings is 1. The van der Waals surface area contributed by atoms with E-state index in [-0.39, 0.29) is 5.41 Å². The van der Waals surface area contributed by atoms with Gasteiger partial charge in [0.05, 0.1) is 6.54 Å². The van der Waals surface area contributed by atoms with Gasteiger partial charge in [-0.25, -0.2) is 0 Å². The van der Waals surface area contributed by atoms with Gasteiger partial charge < -0.3 is 4.74 Å². The van der Waals surface area contributed by atoms with Crippen LogP contribution in [-0.4, -0.2) is 16.4 Å². The molecule has 0 aliphatic heterocycles. The van der Waals surface area contributed by atoms with E-state index in [4.69, 9.17) is 4.74 Å². The standard InChI is InChI=1S/C15H20N2O/c1-15(2,3)13-7-4-5-8-14(13)18-12-11-17-10-6-9-16-17/h4-10H,11-12H2,1-3H3. The smallest absolute Gasteiger partial charge is 0.123 e. The third-order valence-electron chi connectivity index (χ3n) is 2.83. The first-order valence-corrected chi connectivity index (χ1v) is 6.27. The molecule has 0 amide bonds. The number of hydrogen-bond donors (Lipinski definition) is 0. The second kappa shape index (κ2) is 5.25. The van der Waals surface area contributed by atoms with Crippen molar-refractivity contribution >= 4 is 0 Å². The van der Waals surface area contributed by atoms with Crippen LogP contribution in [0.3, 0.4) is 0 Å². The highest BCUT2D eigenvalue weighted by Crippen LogP contribution is 2.30. The molecular weight excluding hydrogens is 224 g/mol. The van der Waals surface area contributed by atoms with Crippen LogP contribution in [-0.2, 0) is 12.0 Å². The summed E-state index contributed by atoms with van der Waals surface area (Å²) < 4.78 is 7.75. The third kappa shape index (κ3) is 3.13. The molecule has 0 bridgehead atoms. The van der Waals surface area contributed by atoms with Crippen molar-refractivity contribution in [1.82, 2.24) is 9.78 Å². The SMILES string of the molecule is CC(C)(C)c1ccccc1OCCn1cccn1. The molecule has 0 fully saturated rings. The molecule has 0 atom stereocenters. The third-order valence-corrected chi connectivity index (χ3v) is 2.83. The van der Waals surface area contributed by atoms with Gasteiger partial charge in [0, 0.05) is 12.4 Å². The van der Waals surface area contributed by atoms with E-state index in [1.807, 2.05) is 29.1 Å². The molecule has 1 heterocycles. The highest BCUT2D eigenvalue weighted by atomic mass is 16.5. The van der Waals surface area contributed by atoms with Gasteiger partial charge in [-0.2, -0.15) is 5.10 Å². The van der Waals surface area contributed by atoms with Crippen molar-refractivity contribution in [3.8, 4) is 5.75 Å². The lowest BCUT2D eigenvalue weighted by atomic mass is 9.86. The minimum atomic E-state index is 0.0995. The number of hydrogen-bond acceptors (Lipinski definition) is 2. The Kier molecular flexibility index (Phi) is 3.70. The fourth-order valence-corrected chi connectivity index (χ4v) is 1.89. The maximum Gasteiger partial charge on any atom is 0.123 e. The number of aromatic nitrogens is 2. The van der Waals surface area contributed by atoms with Crippen LogP contribution in [0.1, 0.15) is 26.3 Å². The van der Waals surface area contributed by atoms with Crippen LogP contribution in [0.2, 0.25) is 0 Å². The Hall–Kier alpha value is -1.77. The molecule has 2 aromatic rings. The molecule has 3 nitrogen and oxygen atoms in total. The average Bonchev–Trinajstić information content (AvgIpc) is 2.81. The first kappa shape index (κ1) is 12.7. The Morgan fingerprint density at radius 2 is 1.94 bits per heavy atom. The van der Waals surface area contributed by atoms with Crippen molar-refractivity contribution in [2.24, 2.45) is 0 Å². The van der Waals surface area contributed by atoms with Gasteiger partial charge in [-0.15, -0.1) is 0 Å². The van der Waals surface area contributed by atoms with Crippen molar-refractivity contribution in [3.05, 3.63) is 48.3 Å². The van der Waals surface area contributed by atoms with Gasteiger partial charge in [0.2, 0.25) is 0 Å². The van der Waals surface area contributed by atoms with E-state index in [0.717, 1.165) is 12.3 Å². The van der Waals surface area contributed by atoms with E-state index in [2.05, 4.69) is 38.0 Å². The van der Waals surface area contributed by atoms with Gasteiger partial charge in [-0.1, -0.05) is 39.0 Å². The molecule has 0 saturated carbocycles. The summed E-state index contributed by atoms with van der Waals surface area (Å²) >= 11 is 0. The van der Waals surface area contributed by atoms with Crippen molar-refractivity contribution in [3.63, 3.8) is 0 Å². The highest BCUT2D eigenvalue weighted by molar-refractivity contribution is 5.38. The minimum Gasteiger partial charge on any atom is -0.491 e. The Labute approximate surface area is 108 Å². The van der Waals surface area contributed by atoms with Gasteiger partial charge in [-0.05, 0) is 23.1 Å². The first-order chi connectivity index (χ1) is 8.57. The summed E-state index contributed by atoms with van der Waals surface area (Å²) in [5.74, 6) is 0.970. The fourth-order valence-electron chi connectivity index (χ4n) is 1.89. The highest BCUT2D eigenvalue weighted by Gasteiger charge is 2.18. The monoisotopic (exact) mass is 244 g/mol. The van der Waals surface area contributed by atoms with Crippen molar-refractivity contribution < 1.29 is 4.74 Å². The molecule has 0 N–H and O–H groups in total. The molecule has 0 spiro atoms. The maximum atomic E-state index is 5.88. The molecule has 2 rings (SSSR count). The number of ether oxygens (including phenoxy) is 1. The van der Waals surface area contributed by atoms with E-state index in [0.29, 0.717) is 6.61 Å². The summed E-state index contributed by atoms with van der Waals surface area (Å²) in [4.78, 5) is 0. The summed E-state index contributed by atoms with van der Waals surface area (Å²) in [6.45, 7) is 7.99. The molecule has 1 aromatic heterocycles. The van der Waals surface area contributed by atoms with Crippen LogP contribution in [0.4, 0.5) is 0 Å². The predicted octanol–water partition coefficient (Wildman–Crippen LogP) is 3.26. The van der Waals surface area contributed by atoms with Gasteiger partial charge >= 0.3 is 0 Å². The Bertz CT molecular complexity index is 483. The van der Waals surface area contributed by atoms with Crippen molar-refractivity contribution in [2.75, 3.05) is 6.61 Å². The molecule has 0 aliphatic carbocycles. The lowest BCUT2D eigenvalue weighted by Gasteiger charge is -2.22. The Balaban J connectivity index is 2.01. The van der Waals surface area contributed by atoms with Crippen molar-refractivity contribution in [2.45, 2.75) is 32.7 Å². The number of nitrogens with zero attached hydrogens (tertiary/aromatic N) is 2. The molecule has 0 aliphatic rings. The maximum absolute atomic E-state index is 5.88. The van der Waals surface area contributed by atoms with Crippen LogP contribution >= 0.6 is 0 Å². The molecule has 3 heteroatoms. The van der Waals surface area contributed by atoms with Crippen LogP contribution in [0.15, 0.2) is 42.7 Å². The quantitative estimate of drug-likeness (QED) is 0.825. The summed E-state index contributed by atoms with van der Waals surface area (Å²) in [6, 6.07) is 10.1. The molecule has 0 unspecified atom stereocenters. The normalized spacial score (nSPS) is 11.5. The second-order valence-corrected chi connectivity index (χ2v) is 5.36. The lowest BCUT2D eigenvalue weighted by molar-refractivity contribution is 0.284. The Morgan fingerprint density at radius 3 is 2.61 bits per heavy atom. The van der Waals surface area contributed by atoms with E-state index in [1.165, 1.54) is 5.56 Å². The van der Waals surface area contributed by atoms with Crippen molar-refractivity contribution in [1.29, 1.82) is 0 Å². The zero-order valence-corrected chi connectivity index (χ0v) is 11.3. The molecular formula is C15H20N2O. The largest absolute Gasteiger partial charge is 0.491 e. The zero-order valence-electron chi connectivity index (χ0n) is 11.3. The van der Waals surface area contributed by atoms with Crippen LogP contribution in [0, 0.1) is 0 Å². The number of rotatable bonds is 4. The molecule has 0 saturated heterocycles. The summed E-state index contributed by atoms with van der Waals surface area (Å²) in [6.07, 6.45) is 3.72. The van der Waals surface area contributed by atoms with E-state index < -0.39 is 0 Å². The summed E-state index contributed by atoms with van der Waals surface area (Å²) in [5, 5.41) is 4.16. The molecule has 1 aromatic carbocycles. The van der Waals surface area contributed by atoms with Gasteiger partial charge in [0.15, 0.2) is 0 Å². The molecule has 18 heavy (non-hydrogen) atoms. The number of para-hydroxylation sites is 1. The molecule has 0 radical (unpaired) electrons. The van der Waals surface area contributed by atoms with Crippen LogP contribution < -0.4 is 4.74 Å². The zero-order chi connectivity index (χ0) is 13.0. The second-order valence-electron chi connectivity index (χ2n) is 5.36. The Morgan fingerprint density at radius 1 is 1.17 bits per heavy atom. The predicted molar refractivity (Wildman–Crippen MR) is 72.9 cm³/mol. The topological polar surface area (TPSA) is 27.1 Å². The lowest BCUT2D eigenvalue weighted by Crippen LogP contribution is -2.15. The van der Waals surface area contributed by atoms with Gasteiger partial charge in [-0.3, -0.25) is 4.68 Å². The summed E-state index contributed by atoms with van der Waals surface area (Å²) in [7, 11) is 0. The minimum absolute atomic E-state index is 0.0995. The van der Waals surface area contributed by atoms with E-state index in [1.54, 1.807) is 6.20 Å². The van der Waals surface area contributed by atoms with E-state index in [9.17, 15) is 0 Å². The van der Waals surface area contributed by atoms with Gasteiger partial charge in [0.25, 0.3) is 0 Å². The van der Waals surface area contributed by atoms with Crippen LogP contribution in [0.5, 0.6) is 5.75 Å². The van der Waals surface area contributed by atoms with Crippen LogP contribution in [0.25, 0.3) is 0 Å². The molecule has 96 valence electrons.